The molecule has 1 aliphatic rings. The van der Waals surface area contributed by atoms with Crippen LogP contribution in [-0.4, -0.2) is 46.1 Å². The maximum absolute atomic E-state index is 12.3. The highest BCUT2D eigenvalue weighted by atomic mass is 16.2. The fourth-order valence-electron chi connectivity index (χ4n) is 3.46. The zero-order valence-corrected chi connectivity index (χ0v) is 15.9. The molecule has 0 bridgehead atoms. The van der Waals surface area contributed by atoms with Gasteiger partial charge in [0.1, 0.15) is 0 Å². The van der Waals surface area contributed by atoms with Crippen LogP contribution in [0.2, 0.25) is 0 Å². The summed E-state index contributed by atoms with van der Waals surface area (Å²) in [5, 5.41) is 9.81. The number of hydrogen-bond acceptors (Lipinski definition) is 4. The monoisotopic (exact) mass is 369 g/mol. The van der Waals surface area contributed by atoms with Gasteiger partial charge < -0.3 is 10.6 Å². The fourth-order valence-corrected chi connectivity index (χ4v) is 3.46. The van der Waals surface area contributed by atoms with Gasteiger partial charge in [-0.15, -0.1) is 0 Å². The predicted octanol–water partition coefficient (Wildman–Crippen LogP) is 2.02. The highest BCUT2D eigenvalue weighted by molar-refractivity contribution is 6.04. The molecule has 2 amide bonds. The number of aromatic nitrogens is 2. The molecule has 0 spiro atoms. The molecule has 0 unspecified atom stereocenters. The van der Waals surface area contributed by atoms with Gasteiger partial charge in [-0.1, -0.05) is 12.1 Å². The number of benzene rings is 1. The van der Waals surface area contributed by atoms with Crippen molar-refractivity contribution in [1.29, 1.82) is 0 Å². The topological polar surface area (TPSA) is 79.3 Å². The molecule has 1 aromatic heterocycles. The van der Waals surface area contributed by atoms with E-state index in [0.717, 1.165) is 39.0 Å². The summed E-state index contributed by atoms with van der Waals surface area (Å²) in [4.78, 5) is 25.8. The molecule has 1 atom stereocenters. The van der Waals surface area contributed by atoms with Crippen LogP contribution in [0, 0.1) is 5.92 Å². The van der Waals surface area contributed by atoms with Crippen molar-refractivity contribution >= 4 is 17.5 Å². The molecule has 7 nitrogen and oxygen atoms in total. The molecule has 1 aliphatic heterocycles. The fraction of sp³-hybridized carbons (Fsp3) is 0.450. The minimum atomic E-state index is -0.136. The van der Waals surface area contributed by atoms with Gasteiger partial charge in [-0.25, -0.2) is 0 Å². The van der Waals surface area contributed by atoms with Gasteiger partial charge in [-0.05, 0) is 43.0 Å². The molecule has 0 aliphatic carbocycles. The number of amides is 2. The summed E-state index contributed by atoms with van der Waals surface area (Å²) in [6.07, 6.45) is 5.69. The Labute approximate surface area is 159 Å². The van der Waals surface area contributed by atoms with Crippen molar-refractivity contribution in [2.45, 2.75) is 26.3 Å². The van der Waals surface area contributed by atoms with Crippen LogP contribution in [0.25, 0.3) is 0 Å². The third-order valence-electron chi connectivity index (χ3n) is 4.83. The summed E-state index contributed by atoms with van der Waals surface area (Å²) < 4.78 is 1.65. The molecular weight excluding hydrogens is 342 g/mol. The van der Waals surface area contributed by atoms with E-state index in [0.29, 0.717) is 17.2 Å². The molecule has 2 heterocycles. The van der Waals surface area contributed by atoms with Gasteiger partial charge in [0.2, 0.25) is 5.91 Å². The van der Waals surface area contributed by atoms with Gasteiger partial charge >= 0.3 is 0 Å². The van der Waals surface area contributed by atoms with Crippen LogP contribution in [0.15, 0.2) is 36.7 Å². The molecule has 7 heteroatoms. The summed E-state index contributed by atoms with van der Waals surface area (Å²) in [6.45, 7) is 5.23. The SMILES string of the molecule is CC(=O)NC[C@@H]1CCCN(Cc2ccc(C(=O)Nc3cnn(C)c3)cc2)C1. The summed E-state index contributed by atoms with van der Waals surface area (Å²) in [5.41, 5.74) is 2.50. The lowest BCUT2D eigenvalue weighted by molar-refractivity contribution is -0.119. The Morgan fingerprint density at radius 1 is 1.26 bits per heavy atom. The van der Waals surface area contributed by atoms with Crippen molar-refractivity contribution in [2.75, 3.05) is 25.0 Å². The average molecular weight is 369 g/mol. The van der Waals surface area contributed by atoms with E-state index in [9.17, 15) is 9.59 Å². The first-order chi connectivity index (χ1) is 13.0. The molecule has 0 saturated carbocycles. The van der Waals surface area contributed by atoms with Crippen molar-refractivity contribution in [3.8, 4) is 0 Å². The van der Waals surface area contributed by atoms with E-state index < -0.39 is 0 Å². The highest BCUT2D eigenvalue weighted by Gasteiger charge is 2.20. The third-order valence-corrected chi connectivity index (χ3v) is 4.83. The van der Waals surface area contributed by atoms with Crippen molar-refractivity contribution < 1.29 is 9.59 Å². The Hall–Kier alpha value is -2.67. The normalized spacial score (nSPS) is 17.5. The molecule has 1 saturated heterocycles. The number of piperidine rings is 1. The van der Waals surface area contributed by atoms with Gasteiger partial charge in [0.25, 0.3) is 5.91 Å². The number of rotatable bonds is 6. The number of hydrogen-bond donors (Lipinski definition) is 2. The summed E-state index contributed by atoms with van der Waals surface area (Å²) >= 11 is 0. The van der Waals surface area contributed by atoms with E-state index in [4.69, 9.17) is 0 Å². The Morgan fingerprint density at radius 3 is 2.70 bits per heavy atom. The molecule has 2 aromatic rings. The summed E-state index contributed by atoms with van der Waals surface area (Å²) in [6, 6.07) is 7.74. The highest BCUT2D eigenvalue weighted by Crippen LogP contribution is 2.18. The zero-order valence-electron chi connectivity index (χ0n) is 15.9. The molecule has 144 valence electrons. The van der Waals surface area contributed by atoms with Crippen molar-refractivity contribution in [3.63, 3.8) is 0 Å². The molecule has 0 radical (unpaired) electrons. The first kappa shape index (κ1) is 19.1. The molecule has 2 N–H and O–H groups in total. The zero-order chi connectivity index (χ0) is 19.2. The Bertz CT molecular complexity index is 784. The van der Waals surface area contributed by atoms with Crippen LogP contribution in [0.1, 0.15) is 35.7 Å². The van der Waals surface area contributed by atoms with Crippen LogP contribution in [-0.2, 0) is 18.4 Å². The van der Waals surface area contributed by atoms with Crippen LogP contribution >= 0.6 is 0 Å². The lowest BCUT2D eigenvalue weighted by atomic mass is 9.97. The first-order valence-corrected chi connectivity index (χ1v) is 9.35. The van der Waals surface area contributed by atoms with Gasteiger partial charge in [0.15, 0.2) is 0 Å². The lowest BCUT2D eigenvalue weighted by Crippen LogP contribution is -2.40. The molecule has 3 rings (SSSR count). The van der Waals surface area contributed by atoms with Crippen LogP contribution in [0.5, 0.6) is 0 Å². The van der Waals surface area contributed by atoms with Gasteiger partial charge in [-0.3, -0.25) is 19.2 Å². The van der Waals surface area contributed by atoms with E-state index in [2.05, 4.69) is 20.6 Å². The third kappa shape index (κ3) is 5.65. The Kier molecular flexibility index (Phi) is 6.24. The van der Waals surface area contributed by atoms with Crippen LogP contribution in [0.4, 0.5) is 5.69 Å². The minimum absolute atomic E-state index is 0.0345. The lowest BCUT2D eigenvalue weighted by Gasteiger charge is -2.32. The van der Waals surface area contributed by atoms with Crippen LogP contribution < -0.4 is 10.6 Å². The number of carbonyl (C=O) groups is 2. The van der Waals surface area contributed by atoms with E-state index in [1.807, 2.05) is 31.3 Å². The van der Waals surface area contributed by atoms with E-state index in [1.165, 1.54) is 5.56 Å². The standard InChI is InChI=1S/C20H27N5O2/c1-15(26)21-10-17-4-3-9-25(13-17)12-16-5-7-18(8-6-16)20(27)23-19-11-22-24(2)14-19/h5-8,11,14,17H,3-4,9-10,12-13H2,1-2H3,(H,21,26)(H,23,27)/t17-/m0/s1. The molecule has 27 heavy (non-hydrogen) atoms. The van der Waals surface area contributed by atoms with Gasteiger partial charge in [-0.2, -0.15) is 5.10 Å². The average Bonchev–Trinajstić information content (AvgIpc) is 3.05. The first-order valence-electron chi connectivity index (χ1n) is 9.35. The number of likely N-dealkylation sites (tertiary alicyclic amines) is 1. The van der Waals surface area contributed by atoms with E-state index in [-0.39, 0.29) is 11.8 Å². The number of anilines is 1. The molecule has 1 fully saturated rings. The van der Waals surface area contributed by atoms with E-state index in [1.54, 1.807) is 24.0 Å². The maximum atomic E-state index is 12.3. The van der Waals surface area contributed by atoms with Crippen molar-refractivity contribution in [2.24, 2.45) is 13.0 Å². The Morgan fingerprint density at radius 2 is 2.04 bits per heavy atom. The van der Waals surface area contributed by atoms with Crippen molar-refractivity contribution in [3.05, 3.63) is 47.8 Å². The van der Waals surface area contributed by atoms with Crippen LogP contribution in [0.3, 0.4) is 0 Å². The van der Waals surface area contributed by atoms with Crippen molar-refractivity contribution in [1.82, 2.24) is 20.0 Å². The van der Waals surface area contributed by atoms with Gasteiger partial charge in [0, 0.05) is 45.4 Å². The predicted molar refractivity (Wildman–Crippen MR) is 104 cm³/mol. The molecule has 1 aromatic carbocycles. The van der Waals surface area contributed by atoms with E-state index >= 15 is 0 Å². The number of nitrogens with zero attached hydrogens (tertiary/aromatic N) is 3. The largest absolute Gasteiger partial charge is 0.356 e. The second-order valence-corrected chi connectivity index (χ2v) is 7.23. The number of nitrogens with one attached hydrogen (secondary N) is 2. The summed E-state index contributed by atoms with van der Waals surface area (Å²) in [7, 11) is 1.81. The smallest absolute Gasteiger partial charge is 0.255 e. The quantitative estimate of drug-likeness (QED) is 0.816. The minimum Gasteiger partial charge on any atom is -0.356 e. The number of carbonyl (C=O) groups excluding carboxylic acids is 2. The van der Waals surface area contributed by atoms with Gasteiger partial charge in [0.05, 0.1) is 11.9 Å². The Balaban J connectivity index is 1.52. The molecular formula is C20H27N5O2. The second kappa shape index (κ2) is 8.81. The summed E-state index contributed by atoms with van der Waals surface area (Å²) in [5.74, 6) is 0.405. The maximum Gasteiger partial charge on any atom is 0.255 e. The number of aryl methyl sites for hydroxylation is 1. The second-order valence-electron chi connectivity index (χ2n) is 7.23.